The lowest BCUT2D eigenvalue weighted by Crippen LogP contribution is -2.02. The summed E-state index contributed by atoms with van der Waals surface area (Å²) in [6.07, 6.45) is 2.01. The van der Waals surface area contributed by atoms with Crippen molar-refractivity contribution in [2.24, 2.45) is 5.73 Å². The lowest BCUT2D eigenvalue weighted by Gasteiger charge is -2.12. The molecule has 2 aromatic carbocycles. The molecule has 4 heteroatoms. The highest BCUT2D eigenvalue weighted by atomic mass is 79.9. The summed E-state index contributed by atoms with van der Waals surface area (Å²) >= 11 is 7.05. The molecule has 0 fully saturated rings. The summed E-state index contributed by atoms with van der Waals surface area (Å²) < 4.78 is 7.73. The number of benzene rings is 2. The molecule has 2 rings (SSSR count). The van der Waals surface area contributed by atoms with Crippen LogP contribution in [0.2, 0.25) is 0 Å². The van der Waals surface area contributed by atoms with Gasteiger partial charge in [0.25, 0.3) is 0 Å². The molecule has 0 amide bonds. The van der Waals surface area contributed by atoms with Gasteiger partial charge in [-0.2, -0.15) is 0 Å². The fourth-order valence-corrected chi connectivity index (χ4v) is 3.47. The van der Waals surface area contributed by atoms with Crippen LogP contribution in [-0.4, -0.2) is 6.61 Å². The van der Waals surface area contributed by atoms with Crippen LogP contribution in [0.1, 0.15) is 17.5 Å². The van der Waals surface area contributed by atoms with E-state index in [1.807, 2.05) is 18.2 Å². The summed E-state index contributed by atoms with van der Waals surface area (Å²) in [6, 6.07) is 14.4. The van der Waals surface area contributed by atoms with Crippen LogP contribution in [-0.2, 0) is 13.0 Å². The number of aryl methyl sites for hydroxylation is 1. The zero-order chi connectivity index (χ0) is 14.4. The Labute approximate surface area is 136 Å². The Bertz CT molecular complexity index is 535. The van der Waals surface area contributed by atoms with Crippen molar-refractivity contribution in [1.82, 2.24) is 0 Å². The van der Waals surface area contributed by atoms with Gasteiger partial charge in [-0.15, -0.1) is 0 Å². The Hall–Kier alpha value is -0.840. The van der Waals surface area contributed by atoms with Crippen LogP contribution in [0, 0.1) is 0 Å². The zero-order valence-electron chi connectivity index (χ0n) is 11.1. The Morgan fingerprint density at radius 2 is 1.60 bits per heavy atom. The van der Waals surface area contributed by atoms with Gasteiger partial charge < -0.3 is 10.5 Å². The quantitative estimate of drug-likeness (QED) is 0.716. The van der Waals surface area contributed by atoms with Crippen LogP contribution < -0.4 is 10.5 Å². The normalized spacial score (nSPS) is 10.6. The van der Waals surface area contributed by atoms with Gasteiger partial charge in [-0.05, 0) is 68.0 Å². The van der Waals surface area contributed by atoms with E-state index in [1.165, 1.54) is 5.56 Å². The summed E-state index contributed by atoms with van der Waals surface area (Å²) in [7, 11) is 0. The van der Waals surface area contributed by atoms with Gasteiger partial charge in [0.15, 0.2) is 0 Å². The minimum Gasteiger partial charge on any atom is -0.491 e. The zero-order valence-corrected chi connectivity index (χ0v) is 14.3. The standard InChI is InChI=1S/C16H17Br2NO/c17-14-9-13(11-19)10-15(18)16(14)20-8-4-7-12-5-2-1-3-6-12/h1-3,5-6,9-10H,4,7-8,11,19H2. The van der Waals surface area contributed by atoms with Crippen molar-refractivity contribution >= 4 is 31.9 Å². The predicted molar refractivity (Wildman–Crippen MR) is 90.0 cm³/mol. The first-order valence-electron chi connectivity index (χ1n) is 6.55. The van der Waals surface area contributed by atoms with Gasteiger partial charge in [0.05, 0.1) is 15.6 Å². The number of ether oxygens (including phenoxy) is 1. The molecule has 2 nitrogen and oxygen atoms in total. The largest absolute Gasteiger partial charge is 0.491 e. The molecule has 2 aromatic rings. The molecule has 0 aliphatic heterocycles. The highest BCUT2D eigenvalue weighted by molar-refractivity contribution is 9.11. The van der Waals surface area contributed by atoms with Crippen molar-refractivity contribution in [3.8, 4) is 5.75 Å². The van der Waals surface area contributed by atoms with Crippen molar-refractivity contribution in [2.45, 2.75) is 19.4 Å². The van der Waals surface area contributed by atoms with E-state index < -0.39 is 0 Å². The van der Waals surface area contributed by atoms with Gasteiger partial charge in [0, 0.05) is 6.54 Å². The molecule has 0 bridgehead atoms. The minimum atomic E-state index is 0.519. The van der Waals surface area contributed by atoms with E-state index in [9.17, 15) is 0 Å². The number of rotatable bonds is 6. The van der Waals surface area contributed by atoms with Crippen LogP contribution in [0.25, 0.3) is 0 Å². The Balaban J connectivity index is 1.88. The molecule has 0 atom stereocenters. The van der Waals surface area contributed by atoms with Crippen molar-refractivity contribution in [3.63, 3.8) is 0 Å². The molecule has 2 N–H and O–H groups in total. The van der Waals surface area contributed by atoms with E-state index in [1.54, 1.807) is 0 Å². The monoisotopic (exact) mass is 397 g/mol. The molecular formula is C16H17Br2NO. The average Bonchev–Trinajstić information content (AvgIpc) is 2.46. The topological polar surface area (TPSA) is 35.2 Å². The van der Waals surface area contributed by atoms with E-state index in [0.29, 0.717) is 13.2 Å². The maximum absolute atomic E-state index is 5.85. The Morgan fingerprint density at radius 3 is 2.20 bits per heavy atom. The van der Waals surface area contributed by atoms with Crippen LogP contribution in [0.4, 0.5) is 0 Å². The molecule has 20 heavy (non-hydrogen) atoms. The summed E-state index contributed by atoms with van der Waals surface area (Å²) in [5, 5.41) is 0. The first-order valence-corrected chi connectivity index (χ1v) is 8.14. The van der Waals surface area contributed by atoms with Gasteiger partial charge in [0.2, 0.25) is 0 Å². The lowest BCUT2D eigenvalue weighted by molar-refractivity contribution is 0.307. The minimum absolute atomic E-state index is 0.519. The average molecular weight is 399 g/mol. The maximum atomic E-state index is 5.85. The SMILES string of the molecule is NCc1cc(Br)c(OCCCc2ccccc2)c(Br)c1. The molecular weight excluding hydrogens is 382 g/mol. The highest BCUT2D eigenvalue weighted by Gasteiger charge is 2.08. The van der Waals surface area contributed by atoms with Gasteiger partial charge >= 0.3 is 0 Å². The molecule has 0 saturated heterocycles. The number of hydrogen-bond donors (Lipinski definition) is 1. The molecule has 0 heterocycles. The van der Waals surface area contributed by atoms with Gasteiger partial charge in [-0.3, -0.25) is 0 Å². The second kappa shape index (κ2) is 7.81. The number of hydrogen-bond acceptors (Lipinski definition) is 2. The third-order valence-electron chi connectivity index (χ3n) is 2.99. The van der Waals surface area contributed by atoms with Crippen LogP contribution in [0.5, 0.6) is 5.75 Å². The third kappa shape index (κ3) is 4.33. The van der Waals surface area contributed by atoms with Crippen molar-refractivity contribution in [3.05, 3.63) is 62.5 Å². The number of halogens is 2. The molecule has 0 radical (unpaired) electrons. The Morgan fingerprint density at radius 1 is 0.950 bits per heavy atom. The fourth-order valence-electron chi connectivity index (χ4n) is 1.96. The fraction of sp³-hybridized carbons (Fsp3) is 0.250. The van der Waals surface area contributed by atoms with Crippen molar-refractivity contribution in [2.75, 3.05) is 6.61 Å². The second-order valence-corrected chi connectivity index (χ2v) is 6.24. The van der Waals surface area contributed by atoms with Crippen LogP contribution >= 0.6 is 31.9 Å². The highest BCUT2D eigenvalue weighted by Crippen LogP contribution is 2.34. The van der Waals surface area contributed by atoms with Crippen LogP contribution in [0.3, 0.4) is 0 Å². The van der Waals surface area contributed by atoms with Gasteiger partial charge in [-0.25, -0.2) is 0 Å². The van der Waals surface area contributed by atoms with Crippen LogP contribution in [0.15, 0.2) is 51.4 Å². The lowest BCUT2D eigenvalue weighted by atomic mass is 10.1. The van der Waals surface area contributed by atoms with E-state index in [0.717, 1.165) is 33.1 Å². The second-order valence-electron chi connectivity index (χ2n) is 4.53. The molecule has 0 unspecified atom stereocenters. The Kier molecular flexibility index (Phi) is 6.07. The maximum Gasteiger partial charge on any atom is 0.147 e. The predicted octanol–water partition coefficient (Wildman–Crippen LogP) is 4.68. The van der Waals surface area contributed by atoms with Crippen molar-refractivity contribution < 1.29 is 4.74 Å². The van der Waals surface area contributed by atoms with Crippen molar-refractivity contribution in [1.29, 1.82) is 0 Å². The van der Waals surface area contributed by atoms with E-state index >= 15 is 0 Å². The van der Waals surface area contributed by atoms with Gasteiger partial charge in [0.1, 0.15) is 5.75 Å². The smallest absolute Gasteiger partial charge is 0.147 e. The number of nitrogens with two attached hydrogens (primary N) is 1. The third-order valence-corrected chi connectivity index (χ3v) is 4.17. The molecule has 0 aliphatic rings. The molecule has 0 saturated carbocycles. The molecule has 0 aliphatic carbocycles. The molecule has 0 aromatic heterocycles. The molecule has 0 spiro atoms. The first kappa shape index (κ1) is 15.5. The first-order chi connectivity index (χ1) is 9.70. The summed E-state index contributed by atoms with van der Waals surface area (Å²) in [6.45, 7) is 1.21. The summed E-state index contributed by atoms with van der Waals surface area (Å²) in [4.78, 5) is 0. The summed E-state index contributed by atoms with van der Waals surface area (Å²) in [5.41, 5.74) is 8.05. The van der Waals surface area contributed by atoms with Gasteiger partial charge in [-0.1, -0.05) is 30.3 Å². The van der Waals surface area contributed by atoms with E-state index in [4.69, 9.17) is 10.5 Å². The molecule has 106 valence electrons. The summed E-state index contributed by atoms with van der Waals surface area (Å²) in [5.74, 6) is 0.843. The van der Waals surface area contributed by atoms with E-state index in [-0.39, 0.29) is 0 Å². The van der Waals surface area contributed by atoms with E-state index in [2.05, 4.69) is 56.1 Å².